The number of ether oxygens (including phenoxy) is 1. The standard InChI is InChI=1S/C14H19FN2O3S/c1-21(18,19)11-4-2-3-10(8-11)20-13-6-5-9(14(16)17)7-12(13)15/h5-7,10-11H,2-4,8H2,1H3,(H3,16,17). The largest absolute Gasteiger partial charge is 0.487 e. The van der Waals surface area contributed by atoms with E-state index in [0.717, 1.165) is 12.5 Å². The van der Waals surface area contributed by atoms with Crippen LogP contribution >= 0.6 is 0 Å². The van der Waals surface area contributed by atoms with Crippen molar-refractivity contribution in [1.29, 1.82) is 5.41 Å². The number of nitrogens with two attached hydrogens (primary N) is 1. The van der Waals surface area contributed by atoms with Gasteiger partial charge in [0.15, 0.2) is 11.6 Å². The molecule has 116 valence electrons. The summed E-state index contributed by atoms with van der Waals surface area (Å²) in [6, 6.07) is 4.09. The molecule has 7 heteroatoms. The number of nitrogens with one attached hydrogen (secondary N) is 1. The third kappa shape index (κ3) is 3.93. The van der Waals surface area contributed by atoms with E-state index in [-0.39, 0.29) is 23.3 Å². The number of sulfone groups is 1. The van der Waals surface area contributed by atoms with Gasteiger partial charge in [0, 0.05) is 18.2 Å². The van der Waals surface area contributed by atoms with Gasteiger partial charge in [-0.1, -0.05) is 0 Å². The monoisotopic (exact) mass is 314 g/mol. The second kappa shape index (κ2) is 6.01. The Kier molecular flexibility index (Phi) is 4.51. The molecule has 0 radical (unpaired) electrons. The first kappa shape index (κ1) is 15.8. The molecule has 0 saturated heterocycles. The van der Waals surface area contributed by atoms with Gasteiger partial charge in [-0.25, -0.2) is 12.8 Å². The maximum atomic E-state index is 13.9. The van der Waals surface area contributed by atoms with Crippen LogP contribution in [0.5, 0.6) is 5.75 Å². The summed E-state index contributed by atoms with van der Waals surface area (Å²) in [5.41, 5.74) is 5.58. The maximum absolute atomic E-state index is 13.9. The lowest BCUT2D eigenvalue weighted by molar-refractivity contribution is 0.150. The molecule has 1 aromatic carbocycles. The highest BCUT2D eigenvalue weighted by atomic mass is 32.2. The summed E-state index contributed by atoms with van der Waals surface area (Å²) in [5.74, 6) is -0.737. The van der Waals surface area contributed by atoms with Crippen LogP contribution in [0.25, 0.3) is 0 Å². The van der Waals surface area contributed by atoms with Crippen molar-refractivity contribution in [3.05, 3.63) is 29.6 Å². The summed E-state index contributed by atoms with van der Waals surface area (Å²) in [6.45, 7) is 0. The number of nitrogen functional groups attached to an aromatic ring is 1. The van der Waals surface area contributed by atoms with Gasteiger partial charge in [-0.05, 0) is 37.5 Å². The molecule has 0 spiro atoms. The van der Waals surface area contributed by atoms with E-state index in [1.807, 2.05) is 0 Å². The second-order valence-corrected chi connectivity index (χ2v) is 7.74. The molecule has 2 unspecified atom stereocenters. The van der Waals surface area contributed by atoms with E-state index >= 15 is 0 Å². The summed E-state index contributed by atoms with van der Waals surface area (Å²) < 4.78 is 42.7. The molecular formula is C14H19FN2O3S. The molecule has 0 heterocycles. The predicted molar refractivity (Wildman–Crippen MR) is 78.9 cm³/mol. The fourth-order valence-corrected chi connectivity index (χ4v) is 3.70. The van der Waals surface area contributed by atoms with Crippen LogP contribution in [0.15, 0.2) is 18.2 Å². The minimum Gasteiger partial charge on any atom is -0.487 e. The molecule has 1 fully saturated rings. The highest BCUT2D eigenvalue weighted by molar-refractivity contribution is 7.91. The highest BCUT2D eigenvalue weighted by Gasteiger charge is 2.30. The van der Waals surface area contributed by atoms with E-state index in [4.69, 9.17) is 15.9 Å². The lowest BCUT2D eigenvalue weighted by atomic mass is 9.97. The molecule has 1 aliphatic carbocycles. The molecule has 0 amide bonds. The van der Waals surface area contributed by atoms with Gasteiger partial charge in [0.05, 0.1) is 5.25 Å². The number of amidine groups is 1. The number of hydrogen-bond donors (Lipinski definition) is 2. The molecule has 1 aliphatic rings. The average molecular weight is 314 g/mol. The Morgan fingerprint density at radius 2 is 2.14 bits per heavy atom. The Labute approximate surface area is 123 Å². The van der Waals surface area contributed by atoms with Crippen molar-refractivity contribution in [2.75, 3.05) is 6.26 Å². The second-order valence-electron chi connectivity index (χ2n) is 5.42. The molecular weight excluding hydrogens is 295 g/mol. The van der Waals surface area contributed by atoms with Crippen molar-refractivity contribution >= 4 is 15.7 Å². The zero-order chi connectivity index (χ0) is 15.6. The Balaban J connectivity index is 2.09. The molecule has 2 rings (SSSR count). The van der Waals surface area contributed by atoms with Crippen molar-refractivity contribution < 1.29 is 17.5 Å². The molecule has 1 aromatic rings. The van der Waals surface area contributed by atoms with Gasteiger partial charge in [0.25, 0.3) is 0 Å². The Hall–Kier alpha value is -1.63. The topological polar surface area (TPSA) is 93.2 Å². The first-order chi connectivity index (χ1) is 9.77. The molecule has 21 heavy (non-hydrogen) atoms. The number of benzene rings is 1. The lowest BCUT2D eigenvalue weighted by Gasteiger charge is -2.28. The van der Waals surface area contributed by atoms with Crippen LogP contribution in [0, 0.1) is 11.2 Å². The minimum atomic E-state index is -3.10. The first-order valence-electron chi connectivity index (χ1n) is 6.77. The molecule has 5 nitrogen and oxygen atoms in total. The van der Waals surface area contributed by atoms with Crippen LogP contribution in [0.4, 0.5) is 4.39 Å². The van der Waals surface area contributed by atoms with E-state index in [9.17, 15) is 12.8 Å². The molecule has 0 bridgehead atoms. The van der Waals surface area contributed by atoms with Crippen LogP contribution in [0.1, 0.15) is 31.2 Å². The molecule has 0 aliphatic heterocycles. The van der Waals surface area contributed by atoms with Crippen molar-refractivity contribution in [3.63, 3.8) is 0 Å². The lowest BCUT2D eigenvalue weighted by Crippen LogP contribution is -2.33. The Morgan fingerprint density at radius 3 is 2.71 bits per heavy atom. The van der Waals surface area contributed by atoms with Gasteiger partial charge < -0.3 is 10.5 Å². The third-order valence-electron chi connectivity index (χ3n) is 3.72. The van der Waals surface area contributed by atoms with Gasteiger partial charge in [-0.2, -0.15) is 0 Å². The van der Waals surface area contributed by atoms with E-state index in [1.165, 1.54) is 18.4 Å². The van der Waals surface area contributed by atoms with Crippen molar-refractivity contribution in [3.8, 4) is 5.75 Å². The van der Waals surface area contributed by atoms with E-state index < -0.39 is 20.9 Å². The Bertz CT molecular complexity index is 646. The summed E-state index contributed by atoms with van der Waals surface area (Å²) in [6.07, 6.45) is 3.38. The quantitative estimate of drug-likeness (QED) is 0.655. The smallest absolute Gasteiger partial charge is 0.165 e. The van der Waals surface area contributed by atoms with Crippen LogP contribution in [-0.4, -0.2) is 31.9 Å². The number of hydrogen-bond acceptors (Lipinski definition) is 4. The first-order valence-corrected chi connectivity index (χ1v) is 8.72. The molecule has 2 atom stereocenters. The van der Waals surface area contributed by atoms with Crippen molar-refractivity contribution in [1.82, 2.24) is 0 Å². The molecule has 1 saturated carbocycles. The number of halogens is 1. The van der Waals surface area contributed by atoms with Gasteiger partial charge >= 0.3 is 0 Å². The van der Waals surface area contributed by atoms with Crippen molar-refractivity contribution in [2.24, 2.45) is 5.73 Å². The zero-order valence-corrected chi connectivity index (χ0v) is 12.6. The fourth-order valence-electron chi connectivity index (χ4n) is 2.54. The highest BCUT2D eigenvalue weighted by Crippen LogP contribution is 2.28. The van der Waals surface area contributed by atoms with Crippen LogP contribution in [0.3, 0.4) is 0 Å². The minimum absolute atomic E-state index is 0.0687. The van der Waals surface area contributed by atoms with Crippen LogP contribution < -0.4 is 10.5 Å². The fraction of sp³-hybridized carbons (Fsp3) is 0.500. The van der Waals surface area contributed by atoms with Gasteiger partial charge in [0.2, 0.25) is 0 Å². The summed E-state index contributed by atoms with van der Waals surface area (Å²) in [7, 11) is -3.10. The van der Waals surface area contributed by atoms with Crippen LogP contribution in [-0.2, 0) is 9.84 Å². The van der Waals surface area contributed by atoms with Crippen molar-refractivity contribution in [2.45, 2.75) is 37.0 Å². The summed E-state index contributed by atoms with van der Waals surface area (Å²) >= 11 is 0. The van der Waals surface area contributed by atoms with E-state index in [2.05, 4.69) is 0 Å². The SMILES string of the molecule is CS(=O)(=O)C1CCCC(Oc2ccc(C(=N)N)cc2F)C1. The summed E-state index contributed by atoms with van der Waals surface area (Å²) in [4.78, 5) is 0. The predicted octanol–water partition coefficient (Wildman–Crippen LogP) is 1.84. The molecule has 0 aromatic heterocycles. The van der Waals surface area contributed by atoms with E-state index in [1.54, 1.807) is 0 Å². The normalized spacial score (nSPS) is 22.8. The summed E-state index contributed by atoms with van der Waals surface area (Å²) in [5, 5.41) is 6.83. The van der Waals surface area contributed by atoms with Gasteiger partial charge in [0.1, 0.15) is 21.8 Å². The van der Waals surface area contributed by atoms with Crippen LogP contribution in [0.2, 0.25) is 0 Å². The maximum Gasteiger partial charge on any atom is 0.165 e. The average Bonchev–Trinajstić information content (AvgIpc) is 2.40. The van der Waals surface area contributed by atoms with Gasteiger partial charge in [-0.15, -0.1) is 0 Å². The Morgan fingerprint density at radius 1 is 1.43 bits per heavy atom. The molecule has 3 N–H and O–H groups in total. The number of rotatable bonds is 4. The zero-order valence-electron chi connectivity index (χ0n) is 11.8. The van der Waals surface area contributed by atoms with Gasteiger partial charge in [-0.3, -0.25) is 5.41 Å². The third-order valence-corrected chi connectivity index (χ3v) is 5.36. The van der Waals surface area contributed by atoms with E-state index in [0.29, 0.717) is 19.3 Å².